The van der Waals surface area contributed by atoms with E-state index < -0.39 is 0 Å². The number of guanidine groups is 1. The van der Waals surface area contributed by atoms with Crippen LogP contribution in [0.25, 0.3) is 0 Å². The van der Waals surface area contributed by atoms with E-state index >= 15 is 0 Å². The first kappa shape index (κ1) is 24.2. The SMILES string of the molecule is CN=C(NCC(C)CN1CCN(C)CC1)NC1CC(C)(C)Oc2ccccc21.I. The number of aliphatic imine (C=N–C) groups is 1. The average molecular weight is 515 g/mol. The molecule has 2 atom stereocenters. The van der Waals surface area contributed by atoms with Gasteiger partial charge in [0.15, 0.2) is 5.96 Å². The number of nitrogens with zero attached hydrogens (tertiary/aromatic N) is 3. The summed E-state index contributed by atoms with van der Waals surface area (Å²) in [4.78, 5) is 9.44. The maximum absolute atomic E-state index is 6.15. The number of piperazine rings is 1. The summed E-state index contributed by atoms with van der Waals surface area (Å²) in [5.41, 5.74) is 1.01. The van der Waals surface area contributed by atoms with E-state index in [1.165, 1.54) is 31.7 Å². The number of rotatable bonds is 5. The summed E-state index contributed by atoms with van der Waals surface area (Å²) in [7, 11) is 4.05. The summed E-state index contributed by atoms with van der Waals surface area (Å²) in [6, 6.07) is 8.50. The van der Waals surface area contributed by atoms with Gasteiger partial charge in [0, 0.05) is 58.3 Å². The molecule has 2 N–H and O–H groups in total. The first-order valence-corrected chi connectivity index (χ1v) is 10.5. The zero-order chi connectivity index (χ0) is 20.1. The molecule has 2 heterocycles. The van der Waals surface area contributed by atoms with Gasteiger partial charge in [0.25, 0.3) is 0 Å². The summed E-state index contributed by atoms with van der Waals surface area (Å²) < 4.78 is 6.15. The molecule has 1 fully saturated rings. The molecule has 3 rings (SSSR count). The van der Waals surface area contributed by atoms with Gasteiger partial charge in [-0.1, -0.05) is 25.1 Å². The molecule has 1 aromatic rings. The lowest BCUT2D eigenvalue weighted by atomic mass is 9.90. The molecule has 0 amide bonds. The number of halogens is 1. The van der Waals surface area contributed by atoms with Crippen molar-refractivity contribution in [2.24, 2.45) is 10.9 Å². The predicted molar refractivity (Wildman–Crippen MR) is 132 cm³/mol. The van der Waals surface area contributed by atoms with Gasteiger partial charge in [0.2, 0.25) is 0 Å². The summed E-state index contributed by atoms with van der Waals surface area (Å²) in [5.74, 6) is 2.40. The van der Waals surface area contributed by atoms with Crippen LogP contribution in [0.5, 0.6) is 5.75 Å². The quantitative estimate of drug-likeness (QED) is 0.359. The van der Waals surface area contributed by atoms with Crippen LogP contribution in [0.15, 0.2) is 29.3 Å². The third-order valence-corrected chi connectivity index (χ3v) is 5.69. The molecule has 29 heavy (non-hydrogen) atoms. The van der Waals surface area contributed by atoms with E-state index in [-0.39, 0.29) is 35.6 Å². The highest BCUT2D eigenvalue weighted by molar-refractivity contribution is 14.0. The molecular weight excluding hydrogens is 477 g/mol. The van der Waals surface area contributed by atoms with Gasteiger partial charge in [0.1, 0.15) is 11.4 Å². The van der Waals surface area contributed by atoms with E-state index in [4.69, 9.17) is 4.74 Å². The van der Waals surface area contributed by atoms with Crippen molar-refractivity contribution in [1.29, 1.82) is 0 Å². The van der Waals surface area contributed by atoms with Crippen molar-refractivity contribution in [3.8, 4) is 5.75 Å². The van der Waals surface area contributed by atoms with Crippen molar-refractivity contribution in [2.45, 2.75) is 38.8 Å². The second kappa shape index (κ2) is 10.8. The van der Waals surface area contributed by atoms with Crippen molar-refractivity contribution >= 4 is 29.9 Å². The Labute approximate surface area is 193 Å². The number of nitrogens with one attached hydrogen (secondary N) is 2. The summed E-state index contributed by atoms with van der Waals surface area (Å²) in [6.45, 7) is 13.3. The third-order valence-electron chi connectivity index (χ3n) is 5.69. The fraction of sp³-hybridized carbons (Fsp3) is 0.682. The van der Waals surface area contributed by atoms with Gasteiger partial charge in [-0.05, 0) is 32.9 Å². The Morgan fingerprint density at radius 2 is 1.93 bits per heavy atom. The first-order valence-electron chi connectivity index (χ1n) is 10.5. The number of hydrogen-bond donors (Lipinski definition) is 2. The predicted octanol–water partition coefficient (Wildman–Crippen LogP) is 2.96. The number of para-hydroxylation sites is 1. The third kappa shape index (κ3) is 7.00. The van der Waals surface area contributed by atoms with Crippen LogP contribution in [-0.4, -0.2) is 74.7 Å². The molecule has 2 aliphatic heterocycles. The van der Waals surface area contributed by atoms with E-state index in [0.29, 0.717) is 5.92 Å². The van der Waals surface area contributed by atoms with Gasteiger partial charge in [-0.3, -0.25) is 4.99 Å². The van der Waals surface area contributed by atoms with Crippen LogP contribution in [0.2, 0.25) is 0 Å². The minimum Gasteiger partial charge on any atom is -0.487 e. The highest BCUT2D eigenvalue weighted by atomic mass is 127. The number of benzene rings is 1. The number of hydrogen-bond acceptors (Lipinski definition) is 4. The summed E-state index contributed by atoms with van der Waals surface area (Å²) in [5, 5.41) is 7.15. The second-order valence-corrected chi connectivity index (χ2v) is 8.96. The van der Waals surface area contributed by atoms with Gasteiger partial charge in [-0.15, -0.1) is 24.0 Å². The summed E-state index contributed by atoms with van der Waals surface area (Å²) >= 11 is 0. The molecule has 0 saturated carbocycles. The van der Waals surface area contributed by atoms with Gasteiger partial charge < -0.3 is 25.2 Å². The van der Waals surface area contributed by atoms with Crippen LogP contribution in [-0.2, 0) is 0 Å². The normalized spacial score (nSPS) is 23.3. The molecule has 1 aromatic carbocycles. The monoisotopic (exact) mass is 515 g/mol. The van der Waals surface area contributed by atoms with Crippen molar-refractivity contribution in [1.82, 2.24) is 20.4 Å². The Hall–Kier alpha value is -1.06. The van der Waals surface area contributed by atoms with Crippen molar-refractivity contribution in [3.05, 3.63) is 29.8 Å². The Kier molecular flexibility index (Phi) is 9.03. The molecular formula is C22H38IN5O. The lowest BCUT2D eigenvalue weighted by Crippen LogP contribution is -2.48. The largest absolute Gasteiger partial charge is 0.487 e. The molecule has 0 bridgehead atoms. The second-order valence-electron chi connectivity index (χ2n) is 8.96. The van der Waals surface area contributed by atoms with E-state index in [0.717, 1.165) is 31.2 Å². The van der Waals surface area contributed by atoms with Gasteiger partial charge in [-0.25, -0.2) is 0 Å². The Bertz CT molecular complexity index is 673. The van der Waals surface area contributed by atoms with Crippen LogP contribution < -0.4 is 15.4 Å². The lowest BCUT2D eigenvalue weighted by Gasteiger charge is -2.38. The molecule has 0 aromatic heterocycles. The summed E-state index contributed by atoms with van der Waals surface area (Å²) in [6.07, 6.45) is 0.904. The number of ether oxygens (including phenoxy) is 1. The number of fused-ring (bicyclic) bond motifs is 1. The number of likely N-dealkylation sites (N-methyl/N-ethyl adjacent to an activating group) is 1. The molecule has 2 unspecified atom stereocenters. The highest BCUT2D eigenvalue weighted by Crippen LogP contribution is 2.39. The Morgan fingerprint density at radius 1 is 1.24 bits per heavy atom. The van der Waals surface area contributed by atoms with Gasteiger partial charge >= 0.3 is 0 Å². The molecule has 0 spiro atoms. The maximum atomic E-state index is 6.15. The van der Waals surface area contributed by atoms with E-state index in [1.54, 1.807) is 0 Å². The molecule has 1 saturated heterocycles. The zero-order valence-electron chi connectivity index (χ0n) is 18.6. The lowest BCUT2D eigenvalue weighted by molar-refractivity contribution is 0.0694. The first-order chi connectivity index (χ1) is 13.4. The van der Waals surface area contributed by atoms with Crippen LogP contribution in [0.3, 0.4) is 0 Å². The van der Waals surface area contributed by atoms with Crippen molar-refractivity contribution in [3.63, 3.8) is 0 Å². The van der Waals surface area contributed by atoms with Gasteiger partial charge in [-0.2, -0.15) is 0 Å². The van der Waals surface area contributed by atoms with Crippen LogP contribution >= 0.6 is 24.0 Å². The maximum Gasteiger partial charge on any atom is 0.191 e. The molecule has 164 valence electrons. The highest BCUT2D eigenvalue weighted by Gasteiger charge is 2.34. The van der Waals surface area contributed by atoms with Crippen LogP contribution in [0, 0.1) is 5.92 Å². The Balaban J connectivity index is 0.00000300. The minimum absolute atomic E-state index is 0. The molecule has 6 nitrogen and oxygen atoms in total. The smallest absolute Gasteiger partial charge is 0.191 e. The van der Waals surface area contributed by atoms with Crippen molar-refractivity contribution in [2.75, 3.05) is 53.4 Å². The average Bonchev–Trinajstić information content (AvgIpc) is 2.66. The van der Waals surface area contributed by atoms with Crippen LogP contribution in [0.1, 0.15) is 38.8 Å². The van der Waals surface area contributed by atoms with E-state index in [2.05, 4.69) is 71.4 Å². The minimum atomic E-state index is -0.195. The fourth-order valence-corrected chi connectivity index (χ4v) is 4.10. The van der Waals surface area contributed by atoms with Crippen LogP contribution in [0.4, 0.5) is 0 Å². The molecule has 2 aliphatic rings. The van der Waals surface area contributed by atoms with E-state index in [1.807, 2.05) is 13.1 Å². The molecule has 7 heteroatoms. The van der Waals surface area contributed by atoms with Crippen molar-refractivity contribution < 1.29 is 4.74 Å². The Morgan fingerprint density at radius 3 is 2.62 bits per heavy atom. The standard InChI is InChI=1S/C22H37N5O.HI/c1-17(16-27-12-10-26(5)11-13-27)15-24-21(23-4)25-19-14-22(2,3)28-20-9-7-6-8-18(19)20;/h6-9,17,19H,10-16H2,1-5H3,(H2,23,24,25);1H. The fourth-order valence-electron chi connectivity index (χ4n) is 4.10. The van der Waals surface area contributed by atoms with E-state index in [9.17, 15) is 0 Å². The molecule has 0 aliphatic carbocycles. The topological polar surface area (TPSA) is 52.1 Å². The molecule has 0 radical (unpaired) electrons. The van der Waals surface area contributed by atoms with Gasteiger partial charge in [0.05, 0.1) is 6.04 Å². The zero-order valence-corrected chi connectivity index (χ0v) is 20.9.